The average Bonchev–Trinajstić information content (AvgIpc) is 3.12. The summed E-state index contributed by atoms with van der Waals surface area (Å²) >= 11 is 3.55. The first-order valence-electron chi connectivity index (χ1n) is 9.92. The smallest absolute Gasteiger partial charge is 0.264 e. The minimum Gasteiger partial charge on any atom is -0.493 e. The van der Waals surface area contributed by atoms with E-state index in [1.807, 2.05) is 48.5 Å². The maximum absolute atomic E-state index is 12.4. The zero-order chi connectivity index (χ0) is 22.5. The van der Waals surface area contributed by atoms with Gasteiger partial charge in [-0.2, -0.15) is 0 Å². The van der Waals surface area contributed by atoms with Crippen LogP contribution in [0.4, 0.5) is 5.69 Å². The molecule has 0 bridgehead atoms. The standard InChI is InChI=1S/C25H21IN2O3S/c1-16-8-10-17(11-9-16)15-31-23-20(26)12-18(13-21(23)30-2)14-22-24(29)28-25(32-22)27-19-6-4-3-5-7-19/h3-14H,15H2,1-2H3,(H,27,28,29)/b22-14-. The predicted octanol–water partition coefficient (Wildman–Crippen LogP) is 6.08. The molecule has 0 radical (unpaired) electrons. The number of nitrogens with zero attached hydrogens (tertiary/aromatic N) is 1. The quantitative estimate of drug-likeness (QED) is 0.296. The summed E-state index contributed by atoms with van der Waals surface area (Å²) in [6.45, 7) is 2.51. The molecule has 1 amide bonds. The third kappa shape index (κ3) is 5.52. The van der Waals surface area contributed by atoms with Gasteiger partial charge in [0.25, 0.3) is 5.91 Å². The highest BCUT2D eigenvalue weighted by molar-refractivity contribution is 14.1. The Kier molecular flexibility index (Phi) is 7.16. The monoisotopic (exact) mass is 556 g/mol. The van der Waals surface area contributed by atoms with Gasteiger partial charge in [-0.3, -0.25) is 4.79 Å². The number of amidine groups is 1. The Hall–Kier alpha value is -2.78. The molecule has 1 heterocycles. The Morgan fingerprint density at radius 1 is 1.09 bits per heavy atom. The number of hydrogen-bond donors (Lipinski definition) is 1. The minimum atomic E-state index is -0.168. The summed E-state index contributed by atoms with van der Waals surface area (Å²) in [4.78, 5) is 17.5. The molecule has 1 saturated heterocycles. The van der Waals surface area contributed by atoms with E-state index >= 15 is 0 Å². The van der Waals surface area contributed by atoms with Crippen molar-refractivity contribution in [3.8, 4) is 11.5 Å². The van der Waals surface area contributed by atoms with Crippen LogP contribution in [0, 0.1) is 10.5 Å². The number of carbonyl (C=O) groups excluding carboxylic acids is 1. The molecule has 0 saturated carbocycles. The molecule has 0 unspecified atom stereocenters. The van der Waals surface area contributed by atoms with Gasteiger partial charge in [-0.1, -0.05) is 48.0 Å². The molecule has 32 heavy (non-hydrogen) atoms. The number of para-hydroxylation sites is 1. The fourth-order valence-corrected chi connectivity index (χ4v) is 4.68. The fourth-order valence-electron chi connectivity index (χ4n) is 3.05. The summed E-state index contributed by atoms with van der Waals surface area (Å²) in [5, 5.41) is 3.38. The van der Waals surface area contributed by atoms with Crippen LogP contribution in [-0.4, -0.2) is 18.2 Å². The molecule has 3 aromatic rings. The molecule has 0 atom stereocenters. The van der Waals surface area contributed by atoms with Crippen LogP contribution in [0.1, 0.15) is 16.7 Å². The summed E-state index contributed by atoms with van der Waals surface area (Å²) in [5.41, 5.74) is 3.95. The van der Waals surface area contributed by atoms with Gasteiger partial charge >= 0.3 is 0 Å². The summed E-state index contributed by atoms with van der Waals surface area (Å²) in [6, 6.07) is 21.6. The minimum absolute atomic E-state index is 0.168. The normalized spacial score (nSPS) is 15.8. The van der Waals surface area contributed by atoms with Crippen molar-refractivity contribution in [3.05, 3.63) is 91.9 Å². The van der Waals surface area contributed by atoms with Crippen LogP contribution in [-0.2, 0) is 11.4 Å². The molecule has 1 N–H and O–H groups in total. The molecular formula is C25H21IN2O3S. The van der Waals surface area contributed by atoms with Gasteiger partial charge in [-0.25, -0.2) is 4.99 Å². The molecule has 1 fully saturated rings. The molecule has 162 valence electrons. The Bertz CT molecular complexity index is 1190. The number of hydrogen-bond acceptors (Lipinski definition) is 5. The zero-order valence-electron chi connectivity index (χ0n) is 17.6. The lowest BCUT2D eigenvalue weighted by atomic mass is 10.1. The lowest BCUT2D eigenvalue weighted by Crippen LogP contribution is -2.19. The largest absolute Gasteiger partial charge is 0.493 e. The maximum atomic E-state index is 12.4. The lowest BCUT2D eigenvalue weighted by molar-refractivity contribution is -0.115. The number of aliphatic imine (C=N–C) groups is 1. The molecule has 1 aliphatic heterocycles. The Labute approximate surface area is 205 Å². The van der Waals surface area contributed by atoms with Crippen LogP contribution in [0.2, 0.25) is 0 Å². The van der Waals surface area contributed by atoms with Crippen LogP contribution < -0.4 is 14.8 Å². The van der Waals surface area contributed by atoms with Gasteiger partial charge in [0.1, 0.15) is 6.61 Å². The first-order valence-corrected chi connectivity index (χ1v) is 11.8. The van der Waals surface area contributed by atoms with Gasteiger partial charge in [0.2, 0.25) is 0 Å². The number of aryl methyl sites for hydroxylation is 1. The van der Waals surface area contributed by atoms with E-state index < -0.39 is 0 Å². The Balaban J connectivity index is 1.53. The number of amides is 1. The second kappa shape index (κ2) is 10.2. The summed E-state index contributed by atoms with van der Waals surface area (Å²) in [6.07, 6.45) is 1.84. The van der Waals surface area contributed by atoms with Crippen molar-refractivity contribution >= 4 is 57.2 Å². The van der Waals surface area contributed by atoms with Crippen molar-refractivity contribution in [3.63, 3.8) is 0 Å². The first kappa shape index (κ1) is 22.4. The molecule has 7 heteroatoms. The summed E-state index contributed by atoms with van der Waals surface area (Å²) in [5.74, 6) is 1.14. The first-order chi connectivity index (χ1) is 15.5. The topological polar surface area (TPSA) is 59.9 Å². The number of nitrogens with one attached hydrogen (secondary N) is 1. The van der Waals surface area contributed by atoms with Crippen molar-refractivity contribution in [2.24, 2.45) is 4.99 Å². The van der Waals surface area contributed by atoms with Crippen LogP contribution in [0.5, 0.6) is 11.5 Å². The van der Waals surface area contributed by atoms with E-state index in [0.717, 1.165) is 20.4 Å². The van der Waals surface area contributed by atoms with E-state index in [9.17, 15) is 4.79 Å². The van der Waals surface area contributed by atoms with Crippen molar-refractivity contribution < 1.29 is 14.3 Å². The Morgan fingerprint density at radius 2 is 1.84 bits per heavy atom. The second-order valence-electron chi connectivity index (χ2n) is 7.13. The van der Waals surface area contributed by atoms with Crippen molar-refractivity contribution in [1.29, 1.82) is 0 Å². The molecule has 1 aliphatic rings. The predicted molar refractivity (Wildman–Crippen MR) is 138 cm³/mol. The zero-order valence-corrected chi connectivity index (χ0v) is 20.6. The Morgan fingerprint density at radius 3 is 2.56 bits per heavy atom. The van der Waals surface area contributed by atoms with E-state index in [4.69, 9.17) is 9.47 Å². The molecule has 0 spiro atoms. The SMILES string of the molecule is COc1cc(/C=C2\SC(=Nc3ccccc3)NC2=O)cc(I)c1OCc1ccc(C)cc1. The molecule has 4 rings (SSSR count). The average molecular weight is 556 g/mol. The van der Waals surface area contributed by atoms with Crippen molar-refractivity contribution in [1.82, 2.24) is 5.32 Å². The summed E-state index contributed by atoms with van der Waals surface area (Å²) < 4.78 is 12.5. The van der Waals surface area contributed by atoms with Crippen LogP contribution >= 0.6 is 34.4 Å². The fraction of sp³-hybridized carbons (Fsp3) is 0.120. The highest BCUT2D eigenvalue weighted by Crippen LogP contribution is 2.36. The van der Waals surface area contributed by atoms with Gasteiger partial charge in [-0.15, -0.1) is 0 Å². The highest BCUT2D eigenvalue weighted by Gasteiger charge is 2.24. The number of halogens is 1. The van der Waals surface area contributed by atoms with Gasteiger partial charge in [0.05, 0.1) is 21.3 Å². The molecule has 0 aliphatic carbocycles. The van der Waals surface area contributed by atoms with Crippen molar-refractivity contribution in [2.75, 3.05) is 7.11 Å². The maximum Gasteiger partial charge on any atom is 0.264 e. The number of methoxy groups -OCH3 is 1. The number of rotatable bonds is 6. The molecule has 5 nitrogen and oxygen atoms in total. The van der Waals surface area contributed by atoms with Crippen molar-refractivity contribution in [2.45, 2.75) is 13.5 Å². The van der Waals surface area contributed by atoms with Crippen LogP contribution in [0.15, 0.2) is 76.6 Å². The van der Waals surface area contributed by atoms with Gasteiger partial charge in [0.15, 0.2) is 16.7 Å². The van der Waals surface area contributed by atoms with Gasteiger partial charge in [0, 0.05) is 0 Å². The van der Waals surface area contributed by atoms with Gasteiger partial charge in [-0.05, 0) is 82.7 Å². The lowest BCUT2D eigenvalue weighted by Gasteiger charge is -2.14. The number of ether oxygens (including phenoxy) is 2. The number of benzene rings is 3. The molecular weight excluding hydrogens is 535 g/mol. The second-order valence-corrected chi connectivity index (χ2v) is 9.32. The van der Waals surface area contributed by atoms with Crippen LogP contribution in [0.25, 0.3) is 6.08 Å². The number of carbonyl (C=O) groups is 1. The summed E-state index contributed by atoms with van der Waals surface area (Å²) in [7, 11) is 1.61. The van der Waals surface area contributed by atoms with E-state index in [1.165, 1.54) is 17.3 Å². The number of thioether (sulfide) groups is 1. The molecule has 0 aromatic heterocycles. The highest BCUT2D eigenvalue weighted by atomic mass is 127. The molecule has 3 aromatic carbocycles. The van der Waals surface area contributed by atoms with Gasteiger partial charge < -0.3 is 14.8 Å². The third-order valence-corrected chi connectivity index (χ3v) is 6.40. The third-order valence-electron chi connectivity index (χ3n) is 4.69. The van der Waals surface area contributed by atoms with E-state index in [0.29, 0.717) is 28.2 Å². The van der Waals surface area contributed by atoms with Crippen LogP contribution in [0.3, 0.4) is 0 Å². The van der Waals surface area contributed by atoms with E-state index in [2.05, 4.69) is 64.1 Å². The van der Waals surface area contributed by atoms with E-state index in [-0.39, 0.29) is 5.91 Å². The van der Waals surface area contributed by atoms with E-state index in [1.54, 1.807) is 7.11 Å².